The van der Waals surface area contributed by atoms with E-state index in [2.05, 4.69) is 57.2 Å². The molecule has 0 amide bonds. The van der Waals surface area contributed by atoms with Gasteiger partial charge in [0, 0.05) is 19.3 Å². The van der Waals surface area contributed by atoms with Crippen LogP contribution in [-0.4, -0.2) is 60.9 Å². The first-order valence-corrected chi connectivity index (χ1v) is 30.9. The lowest BCUT2D eigenvalue weighted by Gasteiger charge is -2.18. The highest BCUT2D eigenvalue weighted by Gasteiger charge is 2.19. The average molecular weight is 1030 g/mol. The third kappa shape index (κ3) is 61.5. The topological polar surface area (TPSA) is 168 Å². The summed E-state index contributed by atoms with van der Waals surface area (Å²) in [6.07, 6.45) is 63.4. The summed E-state index contributed by atoms with van der Waals surface area (Å²) in [6, 6.07) is -0.716. The van der Waals surface area contributed by atoms with Crippen molar-refractivity contribution in [3.05, 3.63) is 36.5 Å². The van der Waals surface area contributed by atoms with Crippen molar-refractivity contribution in [1.82, 2.24) is 0 Å². The molecule has 5 N–H and O–H groups in total. The van der Waals surface area contributed by atoms with Crippen molar-refractivity contribution in [3.8, 4) is 0 Å². The van der Waals surface area contributed by atoms with Gasteiger partial charge in [-0.1, -0.05) is 218 Å². The minimum Gasteiger partial charge on any atom is -0.480 e. The maximum atomic E-state index is 12.8. The molecule has 73 heavy (non-hydrogen) atoms. The summed E-state index contributed by atoms with van der Waals surface area (Å²) < 4.78 is 16.8. The van der Waals surface area contributed by atoms with E-state index in [0.29, 0.717) is 32.2 Å². The van der Waals surface area contributed by atoms with Gasteiger partial charge in [0.15, 0.2) is 6.10 Å². The van der Waals surface area contributed by atoms with E-state index >= 15 is 0 Å². The molecule has 0 aromatic carbocycles. The third-order valence-corrected chi connectivity index (χ3v) is 13.4. The molecule has 0 aromatic heterocycles. The Labute approximate surface area is 450 Å². The number of hydrogen-bond donors (Lipinski definition) is 3. The second-order valence-electron chi connectivity index (χ2n) is 20.7. The van der Waals surface area contributed by atoms with Gasteiger partial charge >= 0.3 is 23.9 Å². The first-order chi connectivity index (χ1) is 35.7. The fourth-order valence-corrected chi connectivity index (χ4v) is 8.53. The Morgan fingerprint density at radius 2 is 0.658 bits per heavy atom. The molecule has 1 atom stereocenters. The zero-order valence-corrected chi connectivity index (χ0v) is 48.0. The van der Waals surface area contributed by atoms with Crippen LogP contribution in [0, 0.1) is 0 Å². The van der Waals surface area contributed by atoms with E-state index in [1.54, 1.807) is 0 Å². The number of allylic oxidation sites excluding steroid dienone is 6. The molecule has 0 aromatic rings. The van der Waals surface area contributed by atoms with Gasteiger partial charge in [0.25, 0.3) is 0 Å². The van der Waals surface area contributed by atoms with Gasteiger partial charge < -0.3 is 30.8 Å². The summed E-state index contributed by atoms with van der Waals surface area (Å²) >= 11 is 0. The van der Waals surface area contributed by atoms with Crippen LogP contribution in [0.25, 0.3) is 0 Å². The van der Waals surface area contributed by atoms with Gasteiger partial charge in [0.2, 0.25) is 0 Å². The summed E-state index contributed by atoms with van der Waals surface area (Å²) in [5.41, 5.74) is 10.4. The van der Waals surface area contributed by atoms with Crippen LogP contribution in [0.2, 0.25) is 0 Å². The molecular weight excluding hydrogens is 913 g/mol. The van der Waals surface area contributed by atoms with E-state index in [1.807, 2.05) is 0 Å². The monoisotopic (exact) mass is 1030 g/mol. The largest absolute Gasteiger partial charge is 0.480 e. The zero-order valence-electron chi connectivity index (χ0n) is 48.0. The number of carbonyl (C=O) groups excluding carboxylic acids is 3. The van der Waals surface area contributed by atoms with Gasteiger partial charge in [-0.2, -0.15) is 0 Å². The predicted octanol–water partition coefficient (Wildman–Crippen LogP) is 17.6. The number of esters is 3. The van der Waals surface area contributed by atoms with Gasteiger partial charge in [-0.3, -0.25) is 19.2 Å². The number of nitrogens with two attached hydrogens (primary N) is 2. The summed E-state index contributed by atoms with van der Waals surface area (Å²) in [5.74, 6) is -1.83. The third-order valence-electron chi connectivity index (χ3n) is 13.4. The number of ether oxygens (including phenoxy) is 3. The molecule has 0 aliphatic carbocycles. The molecule has 0 bridgehead atoms. The first kappa shape index (κ1) is 72.1. The fourth-order valence-electron chi connectivity index (χ4n) is 8.53. The fraction of sp³-hybridized carbons (Fsp3) is 0.841. The molecule has 10 nitrogen and oxygen atoms in total. The highest BCUT2D eigenvalue weighted by Crippen LogP contribution is 2.15. The van der Waals surface area contributed by atoms with Gasteiger partial charge in [0.1, 0.15) is 19.3 Å². The Balaban J connectivity index is 0. The second-order valence-corrected chi connectivity index (χ2v) is 20.7. The van der Waals surface area contributed by atoms with Crippen LogP contribution in [0.3, 0.4) is 0 Å². The van der Waals surface area contributed by atoms with Crippen molar-refractivity contribution in [3.63, 3.8) is 0 Å². The van der Waals surface area contributed by atoms with E-state index in [-0.39, 0.29) is 31.1 Å². The van der Waals surface area contributed by atoms with Gasteiger partial charge in [0.05, 0.1) is 0 Å². The summed E-state index contributed by atoms with van der Waals surface area (Å²) in [7, 11) is 0. The van der Waals surface area contributed by atoms with Gasteiger partial charge in [-0.05, 0) is 116 Å². The van der Waals surface area contributed by atoms with Crippen LogP contribution in [0.1, 0.15) is 310 Å². The molecule has 0 aliphatic heterocycles. The molecule has 0 rings (SSSR count). The minimum absolute atomic E-state index is 0.0806. The van der Waals surface area contributed by atoms with Crippen molar-refractivity contribution < 1.29 is 38.5 Å². The van der Waals surface area contributed by atoms with E-state index in [9.17, 15) is 19.2 Å². The average Bonchev–Trinajstić information content (AvgIpc) is 3.38. The Morgan fingerprint density at radius 3 is 0.945 bits per heavy atom. The number of rotatable bonds is 55. The Hall–Kier alpha value is -2.98. The number of carboxylic acids is 1. The van der Waals surface area contributed by atoms with Crippen molar-refractivity contribution in [2.75, 3.05) is 19.8 Å². The molecular formula is C63H118N2O8. The molecule has 0 heterocycles. The van der Waals surface area contributed by atoms with Crippen LogP contribution in [0.5, 0.6) is 0 Å². The maximum absolute atomic E-state index is 12.8. The van der Waals surface area contributed by atoms with E-state index < -0.39 is 18.1 Å². The van der Waals surface area contributed by atoms with Crippen LogP contribution in [-0.2, 0) is 33.4 Å². The molecule has 0 radical (unpaired) electrons. The number of carbonyl (C=O) groups is 4. The molecule has 428 valence electrons. The van der Waals surface area contributed by atoms with E-state index in [4.69, 9.17) is 30.8 Å². The van der Waals surface area contributed by atoms with E-state index in [1.165, 1.54) is 173 Å². The minimum atomic E-state index is -0.933. The van der Waals surface area contributed by atoms with Gasteiger partial charge in [-0.15, -0.1) is 0 Å². The number of carboxylic acid groups (broad SMARTS) is 1. The SMILES string of the molecule is CCCCCCCC/C=C/CCCCCCCC(=O)OCC(COC(=O)CCCCCCC/C=C/CCCCCCCC)OC(=O)CCCCCCC/C=C/CCCCCCCC.NCCCCC(N)C(=O)O. The molecule has 0 fully saturated rings. The molecule has 0 aliphatic rings. The predicted molar refractivity (Wildman–Crippen MR) is 309 cm³/mol. The standard InChI is InChI=1S/C57H104O6.C6H14N2O2/c1-4-7-10-13-16-19-22-25-28-31-34-37-40-43-46-49-55(58)61-52-54(63-57(60)51-48-45-42-39-36-33-30-27-24-21-18-15-12-9-6-3)53-62-56(59)50-47-44-41-38-35-32-29-26-23-20-17-14-11-8-5-2;7-4-2-1-3-5(8)6(9)10/h25-30,54H,4-24,31-53H2,1-3H3;5H,1-4,7-8H2,(H,9,10)/b28-25+,29-26+,30-27+;. The smallest absolute Gasteiger partial charge is 0.320 e. The van der Waals surface area contributed by atoms with Crippen molar-refractivity contribution >= 4 is 23.9 Å². The normalized spacial score (nSPS) is 12.0. The summed E-state index contributed by atoms with van der Waals surface area (Å²) in [4.78, 5) is 48.2. The number of hydrogen-bond acceptors (Lipinski definition) is 9. The summed E-state index contributed by atoms with van der Waals surface area (Å²) in [6.45, 7) is 7.23. The zero-order chi connectivity index (χ0) is 53.8. The number of unbranched alkanes of at least 4 members (excludes halogenated alkanes) is 34. The molecule has 0 saturated carbocycles. The number of aliphatic carboxylic acids is 1. The lowest BCUT2D eigenvalue weighted by molar-refractivity contribution is -0.167. The molecule has 1 unspecified atom stereocenters. The first-order valence-electron chi connectivity index (χ1n) is 30.9. The van der Waals surface area contributed by atoms with Crippen LogP contribution < -0.4 is 11.5 Å². The van der Waals surface area contributed by atoms with Crippen LogP contribution >= 0.6 is 0 Å². The van der Waals surface area contributed by atoms with Crippen molar-refractivity contribution in [2.24, 2.45) is 11.5 Å². The van der Waals surface area contributed by atoms with Crippen LogP contribution in [0.15, 0.2) is 36.5 Å². The summed E-state index contributed by atoms with van der Waals surface area (Å²) in [5, 5.41) is 8.33. The highest BCUT2D eigenvalue weighted by atomic mass is 16.6. The molecule has 10 heteroatoms. The van der Waals surface area contributed by atoms with Crippen LogP contribution in [0.4, 0.5) is 0 Å². The Bertz CT molecular complexity index is 1230. The van der Waals surface area contributed by atoms with E-state index in [0.717, 1.165) is 89.9 Å². The molecule has 0 spiro atoms. The Morgan fingerprint density at radius 1 is 0.384 bits per heavy atom. The maximum Gasteiger partial charge on any atom is 0.320 e. The second kappa shape index (κ2) is 61.6. The quantitative estimate of drug-likeness (QED) is 0.0231. The lowest BCUT2D eigenvalue weighted by Crippen LogP contribution is -2.30. The lowest BCUT2D eigenvalue weighted by atomic mass is 10.1. The van der Waals surface area contributed by atoms with Crippen molar-refractivity contribution in [2.45, 2.75) is 322 Å². The Kier molecular flexibility index (Phi) is 60.8. The van der Waals surface area contributed by atoms with Crippen molar-refractivity contribution in [1.29, 1.82) is 0 Å². The van der Waals surface area contributed by atoms with Gasteiger partial charge in [-0.25, -0.2) is 0 Å². The molecule has 0 saturated heterocycles. The highest BCUT2D eigenvalue weighted by molar-refractivity contribution is 5.73.